The standard InChI is InChI=1S/C26H23N3O2/c1-17-4-8-19(9-5-17)23-16-24(20-12-14-22(31-3)15-13-20)28-26(27-23)29-25(30)21-10-6-18(2)7-11-21/h4-16H,1-3H3,(H,27,28,29,30). The maximum absolute atomic E-state index is 12.7. The minimum absolute atomic E-state index is 0.248. The molecule has 0 bridgehead atoms. The first-order chi connectivity index (χ1) is 15.0. The third-order valence-electron chi connectivity index (χ3n) is 5.00. The molecular formula is C26H23N3O2. The highest BCUT2D eigenvalue weighted by molar-refractivity contribution is 6.03. The number of carbonyl (C=O) groups is 1. The van der Waals surface area contributed by atoms with E-state index in [2.05, 4.69) is 15.3 Å². The van der Waals surface area contributed by atoms with E-state index in [1.54, 1.807) is 19.2 Å². The molecule has 5 nitrogen and oxygen atoms in total. The van der Waals surface area contributed by atoms with Crippen molar-refractivity contribution in [1.82, 2.24) is 9.97 Å². The maximum Gasteiger partial charge on any atom is 0.258 e. The molecule has 4 aromatic rings. The van der Waals surface area contributed by atoms with Crippen LogP contribution in [-0.2, 0) is 0 Å². The quantitative estimate of drug-likeness (QED) is 0.460. The van der Waals surface area contributed by atoms with E-state index in [4.69, 9.17) is 4.74 Å². The lowest BCUT2D eigenvalue weighted by Crippen LogP contribution is -2.14. The minimum atomic E-state index is -0.248. The molecule has 0 fully saturated rings. The number of benzene rings is 3. The van der Waals surface area contributed by atoms with Gasteiger partial charge in [-0.2, -0.15) is 0 Å². The molecule has 3 aromatic carbocycles. The molecule has 154 valence electrons. The zero-order valence-electron chi connectivity index (χ0n) is 17.7. The van der Waals surface area contributed by atoms with Crippen LogP contribution < -0.4 is 10.1 Å². The van der Waals surface area contributed by atoms with Gasteiger partial charge in [0.05, 0.1) is 18.5 Å². The molecule has 1 heterocycles. The van der Waals surface area contributed by atoms with Gasteiger partial charge in [0.1, 0.15) is 5.75 Å². The summed E-state index contributed by atoms with van der Waals surface area (Å²) in [6.45, 7) is 4.02. The number of methoxy groups -OCH3 is 1. The van der Waals surface area contributed by atoms with Gasteiger partial charge in [0, 0.05) is 16.7 Å². The van der Waals surface area contributed by atoms with E-state index in [-0.39, 0.29) is 11.9 Å². The lowest BCUT2D eigenvalue weighted by atomic mass is 10.1. The Kier molecular flexibility index (Phi) is 5.76. The second-order valence-corrected chi connectivity index (χ2v) is 7.38. The number of rotatable bonds is 5. The van der Waals surface area contributed by atoms with Crippen LogP contribution in [0.15, 0.2) is 78.9 Å². The van der Waals surface area contributed by atoms with Crippen molar-refractivity contribution < 1.29 is 9.53 Å². The van der Waals surface area contributed by atoms with Crippen LogP contribution in [0.2, 0.25) is 0 Å². The SMILES string of the molecule is COc1ccc(-c2cc(-c3ccc(C)cc3)nc(NC(=O)c3ccc(C)cc3)n2)cc1. The first-order valence-electron chi connectivity index (χ1n) is 10.0. The van der Waals surface area contributed by atoms with Gasteiger partial charge < -0.3 is 4.74 Å². The molecule has 0 atom stereocenters. The lowest BCUT2D eigenvalue weighted by Gasteiger charge is -2.11. The number of anilines is 1. The zero-order valence-corrected chi connectivity index (χ0v) is 17.7. The predicted molar refractivity (Wildman–Crippen MR) is 123 cm³/mol. The molecular weight excluding hydrogens is 386 g/mol. The molecule has 0 saturated carbocycles. The highest BCUT2D eigenvalue weighted by Crippen LogP contribution is 2.27. The number of amides is 1. The second-order valence-electron chi connectivity index (χ2n) is 7.38. The van der Waals surface area contributed by atoms with Crippen molar-refractivity contribution in [3.05, 3.63) is 95.6 Å². The molecule has 4 rings (SSSR count). The van der Waals surface area contributed by atoms with Gasteiger partial charge in [0.25, 0.3) is 5.91 Å². The van der Waals surface area contributed by atoms with E-state index in [1.807, 2.05) is 80.6 Å². The molecule has 1 amide bonds. The smallest absolute Gasteiger partial charge is 0.258 e. The number of aromatic nitrogens is 2. The summed E-state index contributed by atoms with van der Waals surface area (Å²) in [5.74, 6) is 0.778. The van der Waals surface area contributed by atoms with E-state index in [1.165, 1.54) is 5.56 Å². The highest BCUT2D eigenvalue weighted by atomic mass is 16.5. The maximum atomic E-state index is 12.7. The van der Waals surface area contributed by atoms with Crippen LogP contribution in [0.1, 0.15) is 21.5 Å². The van der Waals surface area contributed by atoms with Crippen molar-refractivity contribution in [2.45, 2.75) is 13.8 Å². The fourth-order valence-corrected chi connectivity index (χ4v) is 3.16. The van der Waals surface area contributed by atoms with Gasteiger partial charge in [-0.25, -0.2) is 9.97 Å². The molecule has 1 N–H and O–H groups in total. The summed E-state index contributed by atoms with van der Waals surface area (Å²) in [5, 5.41) is 2.85. The van der Waals surface area contributed by atoms with Crippen LogP contribution in [0.25, 0.3) is 22.5 Å². The van der Waals surface area contributed by atoms with Crippen LogP contribution in [0, 0.1) is 13.8 Å². The Hall–Kier alpha value is -3.99. The van der Waals surface area contributed by atoms with Crippen molar-refractivity contribution >= 4 is 11.9 Å². The fraction of sp³-hybridized carbons (Fsp3) is 0.115. The molecule has 0 aliphatic carbocycles. The molecule has 31 heavy (non-hydrogen) atoms. The Balaban J connectivity index is 1.73. The van der Waals surface area contributed by atoms with Crippen LogP contribution in [-0.4, -0.2) is 23.0 Å². The fourth-order valence-electron chi connectivity index (χ4n) is 3.16. The molecule has 5 heteroatoms. The summed E-state index contributed by atoms with van der Waals surface area (Å²) in [7, 11) is 1.63. The number of hydrogen-bond acceptors (Lipinski definition) is 4. The Morgan fingerprint density at radius 2 is 1.23 bits per heavy atom. The number of ether oxygens (including phenoxy) is 1. The number of nitrogens with zero attached hydrogens (tertiary/aromatic N) is 2. The van der Waals surface area contributed by atoms with Gasteiger partial charge in [-0.05, 0) is 56.3 Å². The van der Waals surface area contributed by atoms with Crippen molar-refractivity contribution in [3.63, 3.8) is 0 Å². The Bertz CT molecular complexity index is 1200. The Labute approximate surface area is 181 Å². The summed E-state index contributed by atoms with van der Waals surface area (Å²) in [4.78, 5) is 22.0. The van der Waals surface area contributed by atoms with Crippen LogP contribution in [0.4, 0.5) is 5.95 Å². The number of nitrogens with one attached hydrogen (secondary N) is 1. The van der Waals surface area contributed by atoms with Gasteiger partial charge >= 0.3 is 0 Å². The molecule has 0 radical (unpaired) electrons. The third kappa shape index (κ3) is 4.78. The van der Waals surface area contributed by atoms with Gasteiger partial charge in [0.15, 0.2) is 0 Å². The second kappa shape index (κ2) is 8.79. The van der Waals surface area contributed by atoms with Crippen LogP contribution in [0.5, 0.6) is 5.75 Å². The minimum Gasteiger partial charge on any atom is -0.497 e. The normalized spacial score (nSPS) is 10.5. The topological polar surface area (TPSA) is 64.1 Å². The first kappa shape index (κ1) is 20.3. The van der Waals surface area contributed by atoms with E-state index in [0.29, 0.717) is 11.3 Å². The lowest BCUT2D eigenvalue weighted by molar-refractivity contribution is 0.102. The zero-order chi connectivity index (χ0) is 21.8. The molecule has 0 unspecified atom stereocenters. The molecule has 0 spiro atoms. The number of carbonyl (C=O) groups excluding carboxylic acids is 1. The van der Waals surface area contributed by atoms with Crippen LogP contribution >= 0.6 is 0 Å². The number of hydrogen-bond donors (Lipinski definition) is 1. The van der Waals surface area contributed by atoms with E-state index >= 15 is 0 Å². The molecule has 0 saturated heterocycles. The monoisotopic (exact) mass is 409 g/mol. The van der Waals surface area contributed by atoms with Crippen molar-refractivity contribution in [3.8, 4) is 28.3 Å². The first-order valence-corrected chi connectivity index (χ1v) is 10.0. The average molecular weight is 409 g/mol. The van der Waals surface area contributed by atoms with Gasteiger partial charge in [-0.15, -0.1) is 0 Å². The number of aryl methyl sites for hydroxylation is 2. The van der Waals surface area contributed by atoms with E-state index in [9.17, 15) is 4.79 Å². The molecule has 0 aliphatic heterocycles. The van der Waals surface area contributed by atoms with E-state index < -0.39 is 0 Å². The largest absolute Gasteiger partial charge is 0.497 e. The predicted octanol–water partition coefficient (Wildman–Crippen LogP) is 5.69. The summed E-state index contributed by atoms with van der Waals surface area (Å²) < 4.78 is 5.25. The van der Waals surface area contributed by atoms with Gasteiger partial charge in [0.2, 0.25) is 5.95 Å². The summed E-state index contributed by atoms with van der Waals surface area (Å²) in [5.41, 5.74) is 6.13. The van der Waals surface area contributed by atoms with E-state index in [0.717, 1.165) is 28.1 Å². The average Bonchev–Trinajstić information content (AvgIpc) is 2.80. The summed E-state index contributed by atoms with van der Waals surface area (Å²) in [6, 6.07) is 25.1. The Morgan fingerprint density at radius 3 is 1.74 bits per heavy atom. The van der Waals surface area contributed by atoms with Crippen molar-refractivity contribution in [1.29, 1.82) is 0 Å². The summed E-state index contributed by atoms with van der Waals surface area (Å²) >= 11 is 0. The molecule has 1 aromatic heterocycles. The van der Waals surface area contributed by atoms with Gasteiger partial charge in [-0.3, -0.25) is 10.1 Å². The third-order valence-corrected chi connectivity index (χ3v) is 5.00. The van der Waals surface area contributed by atoms with Crippen LogP contribution in [0.3, 0.4) is 0 Å². The summed E-state index contributed by atoms with van der Waals surface area (Å²) in [6.07, 6.45) is 0. The molecule has 0 aliphatic rings. The van der Waals surface area contributed by atoms with Crippen molar-refractivity contribution in [2.75, 3.05) is 12.4 Å². The van der Waals surface area contributed by atoms with Gasteiger partial charge in [-0.1, -0.05) is 47.5 Å². The highest BCUT2D eigenvalue weighted by Gasteiger charge is 2.13. The Morgan fingerprint density at radius 1 is 0.742 bits per heavy atom. The van der Waals surface area contributed by atoms with Crippen molar-refractivity contribution in [2.24, 2.45) is 0 Å².